The molecule has 1 aromatic rings. The Morgan fingerprint density at radius 2 is 2.04 bits per heavy atom. The van der Waals surface area contributed by atoms with E-state index in [2.05, 4.69) is 20.4 Å². The summed E-state index contributed by atoms with van der Waals surface area (Å²) < 4.78 is 10.6. The lowest BCUT2D eigenvalue weighted by molar-refractivity contribution is 0.0249. The molecule has 8 nitrogen and oxygen atoms in total. The second-order valence-electron chi connectivity index (χ2n) is 7.35. The van der Waals surface area contributed by atoms with Crippen molar-refractivity contribution >= 4 is 6.03 Å². The van der Waals surface area contributed by atoms with Crippen molar-refractivity contribution in [2.24, 2.45) is 5.92 Å². The first kappa shape index (κ1) is 16.8. The lowest BCUT2D eigenvalue weighted by Crippen LogP contribution is -2.48. The van der Waals surface area contributed by atoms with Gasteiger partial charge in [-0.05, 0) is 31.6 Å². The van der Waals surface area contributed by atoms with Crippen LogP contribution in [-0.4, -0.2) is 71.9 Å². The smallest absolute Gasteiger partial charge is 0.317 e. The van der Waals surface area contributed by atoms with Crippen LogP contribution in [0.3, 0.4) is 0 Å². The van der Waals surface area contributed by atoms with Crippen LogP contribution >= 0.6 is 0 Å². The molecule has 0 spiro atoms. The molecule has 8 heteroatoms. The molecule has 1 aromatic heterocycles. The highest BCUT2D eigenvalue weighted by atomic mass is 16.5. The number of nitrogens with zero attached hydrogens (tertiary/aromatic N) is 4. The van der Waals surface area contributed by atoms with Crippen LogP contribution in [0.1, 0.15) is 43.3 Å². The molecule has 1 N–H and O–H groups in total. The number of aromatic nitrogens is 2. The van der Waals surface area contributed by atoms with Crippen molar-refractivity contribution in [2.45, 2.75) is 38.1 Å². The molecule has 1 atom stereocenters. The monoisotopic (exact) mass is 349 g/mol. The van der Waals surface area contributed by atoms with E-state index in [-0.39, 0.29) is 6.03 Å². The molecule has 0 radical (unpaired) electrons. The third-order valence-corrected chi connectivity index (χ3v) is 5.24. The molecule has 2 aliphatic heterocycles. The predicted molar refractivity (Wildman–Crippen MR) is 90.1 cm³/mol. The van der Waals surface area contributed by atoms with Crippen LogP contribution in [-0.2, 0) is 11.3 Å². The van der Waals surface area contributed by atoms with Gasteiger partial charge in [-0.2, -0.15) is 4.98 Å². The first-order valence-electron chi connectivity index (χ1n) is 9.43. The molecule has 25 heavy (non-hydrogen) atoms. The van der Waals surface area contributed by atoms with Gasteiger partial charge in [0.1, 0.15) is 0 Å². The highest BCUT2D eigenvalue weighted by Gasteiger charge is 2.29. The first-order valence-corrected chi connectivity index (χ1v) is 9.43. The van der Waals surface area contributed by atoms with E-state index >= 15 is 0 Å². The third kappa shape index (κ3) is 4.49. The number of ether oxygens (including phenoxy) is 1. The number of urea groups is 1. The van der Waals surface area contributed by atoms with Crippen molar-refractivity contribution in [3.8, 4) is 0 Å². The quantitative estimate of drug-likeness (QED) is 0.860. The van der Waals surface area contributed by atoms with Crippen molar-refractivity contribution < 1.29 is 14.1 Å². The zero-order valence-corrected chi connectivity index (χ0v) is 14.7. The average Bonchev–Trinajstić information content (AvgIpc) is 3.39. The van der Waals surface area contributed by atoms with E-state index in [1.165, 1.54) is 6.42 Å². The minimum Gasteiger partial charge on any atom is -0.379 e. The first-order chi connectivity index (χ1) is 12.3. The summed E-state index contributed by atoms with van der Waals surface area (Å²) in [6.07, 6.45) is 4.54. The van der Waals surface area contributed by atoms with Crippen LogP contribution in [0.2, 0.25) is 0 Å². The lowest BCUT2D eigenvalue weighted by Gasteiger charge is -2.36. The van der Waals surface area contributed by atoms with Gasteiger partial charge in [-0.15, -0.1) is 0 Å². The van der Waals surface area contributed by atoms with Crippen molar-refractivity contribution in [3.63, 3.8) is 0 Å². The maximum Gasteiger partial charge on any atom is 0.317 e. The molecule has 3 heterocycles. The van der Waals surface area contributed by atoms with Crippen LogP contribution in [0.4, 0.5) is 4.79 Å². The minimum absolute atomic E-state index is 0.0298. The number of nitrogens with one attached hydrogen (secondary N) is 1. The fraction of sp³-hybridized carbons (Fsp3) is 0.824. The van der Waals surface area contributed by atoms with Gasteiger partial charge in [0.25, 0.3) is 0 Å². The number of carbonyl (C=O) groups excluding carboxylic acids is 1. The van der Waals surface area contributed by atoms with Gasteiger partial charge >= 0.3 is 6.03 Å². The van der Waals surface area contributed by atoms with Crippen LogP contribution < -0.4 is 5.32 Å². The number of piperidine rings is 1. The highest BCUT2D eigenvalue weighted by molar-refractivity contribution is 5.74. The Morgan fingerprint density at radius 3 is 2.84 bits per heavy atom. The Bertz CT molecular complexity index is 583. The zero-order valence-electron chi connectivity index (χ0n) is 14.7. The molecular formula is C17H27N5O3. The van der Waals surface area contributed by atoms with Crippen LogP contribution in [0.5, 0.6) is 0 Å². The summed E-state index contributed by atoms with van der Waals surface area (Å²) in [5.74, 6) is 2.30. The molecule has 3 fully saturated rings. The van der Waals surface area contributed by atoms with Crippen LogP contribution in [0.25, 0.3) is 0 Å². The molecule has 0 unspecified atom stereocenters. The Kier molecular flexibility index (Phi) is 5.17. The van der Waals surface area contributed by atoms with E-state index in [1.807, 2.05) is 4.90 Å². The van der Waals surface area contributed by atoms with Gasteiger partial charge in [-0.3, -0.25) is 4.90 Å². The van der Waals surface area contributed by atoms with Gasteiger partial charge in [0.05, 0.1) is 19.8 Å². The van der Waals surface area contributed by atoms with Gasteiger partial charge in [0, 0.05) is 38.6 Å². The van der Waals surface area contributed by atoms with Gasteiger partial charge < -0.3 is 19.5 Å². The number of likely N-dealkylation sites (tertiary alicyclic amines) is 1. The molecule has 1 saturated carbocycles. The van der Waals surface area contributed by atoms with Crippen LogP contribution in [0, 0.1) is 5.92 Å². The number of rotatable bonds is 5. The maximum atomic E-state index is 12.5. The molecule has 0 aromatic carbocycles. The van der Waals surface area contributed by atoms with Crippen molar-refractivity contribution in [2.75, 3.05) is 45.9 Å². The summed E-state index contributed by atoms with van der Waals surface area (Å²) in [4.78, 5) is 21.2. The molecular weight excluding hydrogens is 322 g/mol. The summed E-state index contributed by atoms with van der Waals surface area (Å²) >= 11 is 0. The number of carbonyl (C=O) groups is 1. The molecule has 1 aliphatic carbocycles. The van der Waals surface area contributed by atoms with Crippen molar-refractivity contribution in [3.05, 3.63) is 11.7 Å². The number of amides is 2. The number of hydrogen-bond acceptors (Lipinski definition) is 6. The summed E-state index contributed by atoms with van der Waals surface area (Å²) in [5.41, 5.74) is 0. The predicted octanol–water partition coefficient (Wildman–Crippen LogP) is 1.20. The van der Waals surface area contributed by atoms with Gasteiger partial charge in [0.15, 0.2) is 5.82 Å². The van der Waals surface area contributed by atoms with E-state index in [4.69, 9.17) is 9.26 Å². The van der Waals surface area contributed by atoms with Crippen LogP contribution in [0.15, 0.2) is 4.52 Å². The second-order valence-corrected chi connectivity index (χ2v) is 7.35. The SMILES string of the molecule is O=C(NCc1nc(C2CC2)no1)N1CCC[C@@H](CN2CCOCC2)C1. The minimum atomic E-state index is -0.0298. The summed E-state index contributed by atoms with van der Waals surface area (Å²) in [6.45, 7) is 6.66. The zero-order chi connectivity index (χ0) is 17.1. The van der Waals surface area contributed by atoms with E-state index in [0.29, 0.717) is 24.3 Å². The molecule has 3 aliphatic rings. The number of hydrogen-bond donors (Lipinski definition) is 1. The fourth-order valence-corrected chi connectivity index (χ4v) is 3.66. The summed E-state index contributed by atoms with van der Waals surface area (Å²) in [5, 5.41) is 6.90. The fourth-order valence-electron chi connectivity index (χ4n) is 3.66. The topological polar surface area (TPSA) is 83.7 Å². The molecule has 4 rings (SSSR count). The largest absolute Gasteiger partial charge is 0.379 e. The second kappa shape index (κ2) is 7.70. The van der Waals surface area contributed by atoms with E-state index in [9.17, 15) is 4.79 Å². The number of morpholine rings is 1. The normalized spacial score (nSPS) is 25.1. The highest BCUT2D eigenvalue weighted by Crippen LogP contribution is 2.38. The molecule has 2 saturated heterocycles. The average molecular weight is 349 g/mol. The van der Waals surface area contributed by atoms with E-state index in [1.54, 1.807) is 0 Å². The summed E-state index contributed by atoms with van der Waals surface area (Å²) in [6, 6.07) is -0.0298. The van der Waals surface area contributed by atoms with E-state index < -0.39 is 0 Å². The Balaban J connectivity index is 1.23. The van der Waals surface area contributed by atoms with Gasteiger partial charge in [-0.1, -0.05) is 5.16 Å². The lowest BCUT2D eigenvalue weighted by atomic mass is 9.97. The Labute approximate surface area is 147 Å². The molecule has 138 valence electrons. The standard InChI is InChI=1S/C17H27N5O3/c23-17(18-10-15-19-16(20-25-15)14-3-4-14)22-5-1-2-13(12-22)11-21-6-8-24-9-7-21/h13-14H,1-12H2,(H,18,23)/t13-/m0/s1. The van der Waals surface area contributed by atoms with E-state index in [0.717, 1.165) is 71.0 Å². The van der Waals surface area contributed by atoms with Gasteiger partial charge in [-0.25, -0.2) is 4.79 Å². The Morgan fingerprint density at radius 1 is 1.20 bits per heavy atom. The maximum absolute atomic E-state index is 12.5. The van der Waals surface area contributed by atoms with Crippen molar-refractivity contribution in [1.29, 1.82) is 0 Å². The third-order valence-electron chi connectivity index (χ3n) is 5.24. The molecule has 2 amide bonds. The Hall–Kier alpha value is -1.67. The summed E-state index contributed by atoms with van der Waals surface area (Å²) in [7, 11) is 0. The van der Waals surface area contributed by atoms with Crippen molar-refractivity contribution in [1.82, 2.24) is 25.3 Å². The molecule has 0 bridgehead atoms. The van der Waals surface area contributed by atoms with Gasteiger partial charge in [0.2, 0.25) is 5.89 Å².